The van der Waals surface area contributed by atoms with E-state index in [2.05, 4.69) is 9.98 Å². The summed E-state index contributed by atoms with van der Waals surface area (Å²) in [6, 6.07) is 15.2. The van der Waals surface area contributed by atoms with Crippen LogP contribution < -0.4 is 4.74 Å². The summed E-state index contributed by atoms with van der Waals surface area (Å²) in [7, 11) is 1.60. The number of fused-ring (bicyclic) bond motifs is 1. The van der Waals surface area contributed by atoms with Crippen LogP contribution in [0.25, 0.3) is 23.1 Å². The Bertz CT molecular complexity index is 1020. The van der Waals surface area contributed by atoms with Crippen LogP contribution in [-0.4, -0.2) is 22.9 Å². The minimum Gasteiger partial charge on any atom is -0.497 e. The molecule has 1 aliphatic rings. The van der Waals surface area contributed by atoms with Crippen LogP contribution in [0.2, 0.25) is 0 Å². The van der Waals surface area contributed by atoms with Crippen molar-refractivity contribution in [3.63, 3.8) is 0 Å². The number of hydrogen-bond acceptors (Lipinski definition) is 5. The second-order valence-corrected chi connectivity index (χ2v) is 5.71. The molecule has 124 valence electrons. The zero-order chi connectivity index (χ0) is 17.4. The van der Waals surface area contributed by atoms with Crippen molar-refractivity contribution in [2.75, 3.05) is 7.11 Å². The number of aliphatic imine (C=N–C) groups is 1. The number of ether oxygens (including phenoxy) is 1. The van der Waals surface area contributed by atoms with Gasteiger partial charge in [0.2, 0.25) is 5.89 Å². The molecule has 1 aliphatic heterocycles. The van der Waals surface area contributed by atoms with Crippen molar-refractivity contribution in [2.24, 2.45) is 4.99 Å². The van der Waals surface area contributed by atoms with Gasteiger partial charge in [0.1, 0.15) is 11.4 Å². The normalized spacial score (nSPS) is 14.5. The number of oxazole rings is 1. The van der Waals surface area contributed by atoms with E-state index < -0.39 is 0 Å². The molecule has 0 amide bonds. The van der Waals surface area contributed by atoms with Gasteiger partial charge in [0.15, 0.2) is 0 Å². The minimum atomic E-state index is -0.220. The van der Waals surface area contributed by atoms with Gasteiger partial charge in [0, 0.05) is 22.4 Å². The molecule has 1 aromatic heterocycles. The Morgan fingerprint density at radius 2 is 1.96 bits per heavy atom. The van der Waals surface area contributed by atoms with E-state index in [1.54, 1.807) is 19.3 Å². The highest BCUT2D eigenvalue weighted by Gasteiger charge is 2.20. The van der Waals surface area contributed by atoms with Crippen molar-refractivity contribution >= 4 is 23.0 Å². The molecule has 0 unspecified atom stereocenters. The number of nitrogens with zero attached hydrogens (tertiary/aromatic N) is 2. The quantitative estimate of drug-likeness (QED) is 0.754. The van der Waals surface area contributed by atoms with Gasteiger partial charge in [0.25, 0.3) is 0 Å². The molecule has 0 atom stereocenters. The third-order valence-electron chi connectivity index (χ3n) is 4.10. The van der Waals surface area contributed by atoms with Crippen molar-refractivity contribution in [1.29, 1.82) is 0 Å². The highest BCUT2D eigenvalue weighted by Crippen LogP contribution is 2.37. The van der Waals surface area contributed by atoms with Gasteiger partial charge in [-0.3, -0.25) is 4.99 Å². The third kappa shape index (κ3) is 2.70. The average Bonchev–Trinajstić information content (AvgIpc) is 3.16. The summed E-state index contributed by atoms with van der Waals surface area (Å²) in [5.41, 5.74) is 4.85. The number of methoxy groups -OCH3 is 1. The van der Waals surface area contributed by atoms with Crippen molar-refractivity contribution in [3.05, 3.63) is 59.8 Å². The van der Waals surface area contributed by atoms with E-state index in [1.807, 2.05) is 49.4 Å². The Labute approximate surface area is 144 Å². The van der Waals surface area contributed by atoms with Gasteiger partial charge in [-0.2, -0.15) is 0 Å². The number of hydrogen-bond donors (Lipinski definition) is 1. The smallest absolute Gasteiger partial charge is 0.310 e. The van der Waals surface area contributed by atoms with E-state index in [0.29, 0.717) is 17.3 Å². The second kappa shape index (κ2) is 5.94. The Balaban J connectivity index is 1.76. The summed E-state index contributed by atoms with van der Waals surface area (Å²) in [4.78, 5) is 8.96. The molecular formula is C20H16N2O3. The summed E-state index contributed by atoms with van der Waals surface area (Å²) < 4.78 is 10.7. The zero-order valence-corrected chi connectivity index (χ0v) is 13.9. The molecule has 5 heteroatoms. The number of benzene rings is 2. The van der Waals surface area contributed by atoms with Crippen molar-refractivity contribution in [1.82, 2.24) is 4.98 Å². The van der Waals surface area contributed by atoms with Crippen molar-refractivity contribution in [3.8, 4) is 23.1 Å². The molecule has 0 saturated carbocycles. The largest absolute Gasteiger partial charge is 0.497 e. The van der Waals surface area contributed by atoms with Gasteiger partial charge < -0.3 is 14.3 Å². The molecule has 25 heavy (non-hydrogen) atoms. The van der Waals surface area contributed by atoms with E-state index >= 15 is 0 Å². The lowest BCUT2D eigenvalue weighted by Gasteiger charge is -2.00. The lowest BCUT2D eigenvalue weighted by Crippen LogP contribution is -1.90. The monoisotopic (exact) mass is 332 g/mol. The van der Waals surface area contributed by atoms with E-state index in [4.69, 9.17) is 9.15 Å². The Morgan fingerprint density at radius 3 is 2.80 bits per heavy atom. The first kappa shape index (κ1) is 15.2. The van der Waals surface area contributed by atoms with Gasteiger partial charge in [-0.15, -0.1) is 0 Å². The molecule has 0 radical (unpaired) electrons. The number of allylic oxidation sites excluding steroid dienone is 1. The highest BCUT2D eigenvalue weighted by atomic mass is 16.5. The van der Waals surface area contributed by atoms with Crippen molar-refractivity contribution < 1.29 is 14.3 Å². The lowest BCUT2D eigenvalue weighted by atomic mass is 10.0. The fraction of sp³-hybridized carbons (Fsp3) is 0.100. The molecule has 0 aliphatic carbocycles. The molecule has 3 aromatic rings. The molecular weight excluding hydrogens is 316 g/mol. The zero-order valence-electron chi connectivity index (χ0n) is 13.9. The van der Waals surface area contributed by atoms with Crippen LogP contribution in [0.4, 0.5) is 5.69 Å². The van der Waals surface area contributed by atoms with E-state index in [0.717, 1.165) is 28.1 Å². The predicted molar refractivity (Wildman–Crippen MR) is 97.2 cm³/mol. The molecule has 0 bridgehead atoms. The van der Waals surface area contributed by atoms with Crippen LogP contribution >= 0.6 is 0 Å². The molecule has 4 rings (SSSR count). The van der Waals surface area contributed by atoms with Gasteiger partial charge in [0.05, 0.1) is 12.8 Å². The lowest BCUT2D eigenvalue weighted by molar-refractivity contribution is 0.336. The molecule has 0 spiro atoms. The summed E-state index contributed by atoms with van der Waals surface area (Å²) >= 11 is 0. The molecule has 0 fully saturated rings. The molecule has 2 aromatic carbocycles. The van der Waals surface area contributed by atoms with Crippen LogP contribution in [-0.2, 0) is 0 Å². The first-order valence-electron chi connectivity index (χ1n) is 7.86. The van der Waals surface area contributed by atoms with E-state index in [9.17, 15) is 5.11 Å². The van der Waals surface area contributed by atoms with Gasteiger partial charge in [-0.1, -0.05) is 24.3 Å². The number of para-hydroxylation sites is 1. The van der Waals surface area contributed by atoms with E-state index in [1.165, 1.54) is 0 Å². The van der Waals surface area contributed by atoms with Crippen LogP contribution in [0.5, 0.6) is 11.7 Å². The average molecular weight is 332 g/mol. The summed E-state index contributed by atoms with van der Waals surface area (Å²) in [5.74, 6) is 0.814. The van der Waals surface area contributed by atoms with Crippen LogP contribution in [0.3, 0.4) is 0 Å². The fourth-order valence-electron chi connectivity index (χ4n) is 2.85. The Morgan fingerprint density at radius 1 is 1.12 bits per heavy atom. The minimum absolute atomic E-state index is 0.220. The van der Waals surface area contributed by atoms with E-state index in [-0.39, 0.29) is 5.95 Å². The Hall–Kier alpha value is -3.34. The number of aromatic hydroxyl groups is 1. The second-order valence-electron chi connectivity index (χ2n) is 5.71. The van der Waals surface area contributed by atoms with Gasteiger partial charge in [-0.25, -0.2) is 4.98 Å². The highest BCUT2D eigenvalue weighted by molar-refractivity contribution is 6.31. The predicted octanol–water partition coefficient (Wildman–Crippen LogP) is 4.70. The number of aromatic nitrogens is 1. The van der Waals surface area contributed by atoms with Crippen LogP contribution in [0.1, 0.15) is 18.2 Å². The van der Waals surface area contributed by atoms with Crippen LogP contribution in [0, 0.1) is 0 Å². The first-order chi connectivity index (χ1) is 12.2. The fourth-order valence-corrected chi connectivity index (χ4v) is 2.85. The summed E-state index contributed by atoms with van der Waals surface area (Å²) in [5, 5.41) is 10.2. The maximum absolute atomic E-state index is 10.2. The topological polar surface area (TPSA) is 67.9 Å². The molecule has 1 N–H and O–H groups in total. The maximum Gasteiger partial charge on any atom is 0.310 e. The third-order valence-corrected chi connectivity index (χ3v) is 4.10. The summed E-state index contributed by atoms with van der Waals surface area (Å²) in [6.45, 7) is 1.94. The van der Waals surface area contributed by atoms with Crippen molar-refractivity contribution in [2.45, 2.75) is 6.92 Å². The Kier molecular flexibility index (Phi) is 3.61. The molecule has 5 nitrogen and oxygen atoms in total. The van der Waals surface area contributed by atoms with Gasteiger partial charge >= 0.3 is 5.95 Å². The van der Waals surface area contributed by atoms with Gasteiger partial charge in [-0.05, 0) is 37.3 Å². The SMILES string of the molecule is COc1cccc(-c2nc(/C=C3\C(C)=Nc4ccccc43)c(O)o2)c1. The standard InChI is InChI=1S/C20H16N2O3/c1-12-16(15-8-3-4-9-17(15)21-12)11-18-20(23)25-19(22-18)13-6-5-7-14(10-13)24-2/h3-11,23H,1-2H3/b16-11+. The molecule has 2 heterocycles. The summed E-state index contributed by atoms with van der Waals surface area (Å²) in [6.07, 6.45) is 1.80. The van der Waals surface area contributed by atoms with Crippen LogP contribution in [0.15, 0.2) is 57.9 Å². The first-order valence-corrected chi connectivity index (χ1v) is 7.86. The maximum atomic E-state index is 10.2. The number of rotatable bonds is 3. The molecule has 0 saturated heterocycles.